The van der Waals surface area contributed by atoms with Crippen molar-refractivity contribution in [3.8, 4) is 0 Å². The lowest BCUT2D eigenvalue weighted by atomic mass is 10.0. The molecule has 30 heavy (non-hydrogen) atoms. The molecule has 160 valence electrons. The van der Waals surface area contributed by atoms with Gasteiger partial charge >= 0.3 is 6.09 Å². The quantitative estimate of drug-likeness (QED) is 0.741. The molecule has 1 unspecified atom stereocenters. The molecular weight excluding hydrogens is 380 g/mol. The molecule has 1 heterocycles. The van der Waals surface area contributed by atoms with Crippen molar-refractivity contribution in [3.05, 3.63) is 71.8 Å². The summed E-state index contributed by atoms with van der Waals surface area (Å²) in [6, 6.07) is 19.4. The second-order valence-corrected chi connectivity index (χ2v) is 8.48. The summed E-state index contributed by atoms with van der Waals surface area (Å²) in [6.07, 6.45) is 0.402. The zero-order chi connectivity index (χ0) is 21.6. The Balaban J connectivity index is 1.77. The molecule has 1 aliphatic heterocycles. The molecule has 0 aliphatic carbocycles. The monoisotopic (exact) mass is 410 g/mol. The van der Waals surface area contributed by atoms with Gasteiger partial charge in [-0.2, -0.15) is 0 Å². The van der Waals surface area contributed by atoms with E-state index in [9.17, 15) is 9.59 Å². The number of carbonyl (C=O) groups is 2. The Kier molecular flexibility index (Phi) is 7.11. The van der Waals surface area contributed by atoms with Gasteiger partial charge in [0, 0.05) is 13.0 Å². The fraction of sp³-hybridized carbons (Fsp3) is 0.417. The number of nitrogens with zero attached hydrogens (tertiary/aromatic N) is 2. The lowest BCUT2D eigenvalue weighted by Crippen LogP contribution is -2.47. The zero-order valence-electron chi connectivity index (χ0n) is 17.9. The molecule has 2 aromatic rings. The third-order valence-electron chi connectivity index (χ3n) is 4.83. The van der Waals surface area contributed by atoms with Gasteiger partial charge in [0.25, 0.3) is 0 Å². The molecule has 0 spiro atoms. The van der Waals surface area contributed by atoms with E-state index in [2.05, 4.69) is 0 Å². The van der Waals surface area contributed by atoms with Crippen LogP contribution < -0.4 is 0 Å². The van der Waals surface area contributed by atoms with Crippen LogP contribution in [0.2, 0.25) is 0 Å². The second kappa shape index (κ2) is 9.76. The minimum absolute atomic E-state index is 0.130. The Morgan fingerprint density at radius 3 is 2.20 bits per heavy atom. The summed E-state index contributed by atoms with van der Waals surface area (Å²) in [5.41, 5.74) is 1.47. The maximum atomic E-state index is 12.9. The molecule has 0 N–H and O–H groups in total. The van der Waals surface area contributed by atoms with E-state index in [0.29, 0.717) is 26.1 Å². The topological polar surface area (TPSA) is 59.1 Å². The highest BCUT2D eigenvalue weighted by molar-refractivity contribution is 5.77. The summed E-state index contributed by atoms with van der Waals surface area (Å²) >= 11 is 0. The van der Waals surface area contributed by atoms with Gasteiger partial charge in [0.15, 0.2) is 0 Å². The fourth-order valence-electron chi connectivity index (χ4n) is 3.39. The highest BCUT2D eigenvalue weighted by atomic mass is 16.7. The minimum atomic E-state index is -0.603. The van der Waals surface area contributed by atoms with Crippen LogP contribution in [0.25, 0.3) is 0 Å². The fourth-order valence-corrected chi connectivity index (χ4v) is 3.39. The SMILES string of the molecule is CC(C)(C)OC(=O)N1CCC(=O)N(OCc2ccccc2)CC1Cc1ccccc1. The number of hydroxylamine groups is 2. The first kappa shape index (κ1) is 21.8. The first-order chi connectivity index (χ1) is 14.3. The molecule has 3 rings (SSSR count). The predicted octanol–water partition coefficient (Wildman–Crippen LogP) is 4.20. The molecular formula is C24H30N2O4. The predicted molar refractivity (Wildman–Crippen MR) is 114 cm³/mol. The van der Waals surface area contributed by atoms with Gasteiger partial charge in [0.05, 0.1) is 12.6 Å². The summed E-state index contributed by atoms with van der Waals surface area (Å²) in [6.45, 7) is 6.42. The number of carbonyl (C=O) groups excluding carboxylic acids is 2. The number of hydrogen-bond acceptors (Lipinski definition) is 4. The Morgan fingerprint density at radius 2 is 1.60 bits per heavy atom. The van der Waals surface area contributed by atoms with Gasteiger partial charge in [0.1, 0.15) is 12.2 Å². The Hall–Kier alpha value is -2.86. The zero-order valence-corrected chi connectivity index (χ0v) is 17.9. The van der Waals surface area contributed by atoms with Gasteiger partial charge in [-0.1, -0.05) is 60.7 Å². The van der Waals surface area contributed by atoms with E-state index in [-0.39, 0.29) is 18.4 Å². The third kappa shape index (κ3) is 6.32. The van der Waals surface area contributed by atoms with Crippen molar-refractivity contribution in [2.24, 2.45) is 0 Å². The van der Waals surface area contributed by atoms with Crippen LogP contribution in [0.3, 0.4) is 0 Å². The molecule has 6 heteroatoms. The highest BCUT2D eigenvalue weighted by Gasteiger charge is 2.35. The Bertz CT molecular complexity index is 833. The van der Waals surface area contributed by atoms with Gasteiger partial charge in [-0.3, -0.25) is 9.63 Å². The molecule has 0 saturated carbocycles. The molecule has 0 bridgehead atoms. The van der Waals surface area contributed by atoms with Crippen molar-refractivity contribution in [2.75, 3.05) is 13.1 Å². The summed E-state index contributed by atoms with van der Waals surface area (Å²) in [7, 11) is 0. The lowest BCUT2D eigenvalue weighted by molar-refractivity contribution is -0.192. The van der Waals surface area contributed by atoms with Gasteiger partial charge in [-0.15, -0.1) is 0 Å². The number of hydrogen-bond donors (Lipinski definition) is 0. The van der Waals surface area contributed by atoms with E-state index < -0.39 is 11.7 Å². The molecule has 1 fully saturated rings. The van der Waals surface area contributed by atoms with Crippen molar-refractivity contribution in [1.29, 1.82) is 0 Å². The average Bonchev–Trinajstić information content (AvgIpc) is 2.85. The number of ether oxygens (including phenoxy) is 1. The van der Waals surface area contributed by atoms with Crippen molar-refractivity contribution >= 4 is 12.0 Å². The summed E-state index contributed by atoms with van der Waals surface area (Å²) in [5.74, 6) is -0.130. The first-order valence-corrected chi connectivity index (χ1v) is 10.3. The van der Waals surface area contributed by atoms with Gasteiger partial charge in [0.2, 0.25) is 5.91 Å². The molecule has 0 radical (unpaired) electrons. The largest absolute Gasteiger partial charge is 0.444 e. The van der Waals surface area contributed by atoms with Gasteiger partial charge in [-0.05, 0) is 38.3 Å². The summed E-state index contributed by atoms with van der Waals surface area (Å²) < 4.78 is 5.62. The van der Waals surface area contributed by atoms with Crippen molar-refractivity contribution in [1.82, 2.24) is 9.96 Å². The molecule has 0 aromatic heterocycles. The third-order valence-corrected chi connectivity index (χ3v) is 4.83. The van der Waals surface area contributed by atoms with Gasteiger partial charge in [-0.25, -0.2) is 9.86 Å². The van der Waals surface area contributed by atoms with Crippen LogP contribution in [-0.4, -0.2) is 46.7 Å². The molecule has 1 atom stereocenters. The molecule has 2 aromatic carbocycles. The van der Waals surface area contributed by atoms with Crippen LogP contribution in [0.4, 0.5) is 4.79 Å². The van der Waals surface area contributed by atoms with Crippen LogP contribution in [-0.2, 0) is 27.4 Å². The van der Waals surface area contributed by atoms with E-state index in [1.165, 1.54) is 5.06 Å². The van der Waals surface area contributed by atoms with E-state index >= 15 is 0 Å². The Labute approximate surface area is 178 Å². The molecule has 1 saturated heterocycles. The van der Waals surface area contributed by atoms with Crippen molar-refractivity contribution < 1.29 is 19.2 Å². The minimum Gasteiger partial charge on any atom is -0.444 e. The molecule has 6 nitrogen and oxygen atoms in total. The summed E-state index contributed by atoms with van der Waals surface area (Å²) in [5, 5.41) is 1.41. The normalized spacial score (nSPS) is 17.6. The van der Waals surface area contributed by atoms with Crippen LogP contribution in [0.1, 0.15) is 38.3 Å². The average molecular weight is 411 g/mol. The van der Waals surface area contributed by atoms with E-state index in [4.69, 9.17) is 9.57 Å². The second-order valence-electron chi connectivity index (χ2n) is 8.48. The highest BCUT2D eigenvalue weighted by Crippen LogP contribution is 2.20. The first-order valence-electron chi connectivity index (χ1n) is 10.3. The lowest BCUT2D eigenvalue weighted by Gasteiger charge is -2.33. The van der Waals surface area contributed by atoms with Crippen LogP contribution in [0, 0.1) is 0 Å². The van der Waals surface area contributed by atoms with Gasteiger partial charge < -0.3 is 9.64 Å². The van der Waals surface area contributed by atoms with E-state index in [0.717, 1.165) is 11.1 Å². The van der Waals surface area contributed by atoms with Crippen molar-refractivity contribution in [3.63, 3.8) is 0 Å². The molecule has 1 aliphatic rings. The van der Waals surface area contributed by atoms with Crippen molar-refractivity contribution in [2.45, 2.75) is 51.9 Å². The van der Waals surface area contributed by atoms with Crippen LogP contribution >= 0.6 is 0 Å². The van der Waals surface area contributed by atoms with E-state index in [1.807, 2.05) is 81.4 Å². The van der Waals surface area contributed by atoms with Crippen LogP contribution in [0.5, 0.6) is 0 Å². The maximum Gasteiger partial charge on any atom is 0.410 e. The molecule has 2 amide bonds. The maximum absolute atomic E-state index is 12.9. The summed E-state index contributed by atoms with van der Waals surface area (Å²) in [4.78, 5) is 33.1. The Morgan fingerprint density at radius 1 is 1.00 bits per heavy atom. The number of amides is 2. The smallest absolute Gasteiger partial charge is 0.410 e. The van der Waals surface area contributed by atoms with Crippen LogP contribution in [0.15, 0.2) is 60.7 Å². The van der Waals surface area contributed by atoms with E-state index in [1.54, 1.807) is 4.90 Å². The standard InChI is InChI=1S/C24H30N2O4/c1-24(2,3)30-23(28)25-15-14-22(27)26(29-18-20-12-8-5-9-13-20)17-21(25)16-19-10-6-4-7-11-19/h4-13,21H,14-18H2,1-3H3. The number of benzene rings is 2. The number of rotatable bonds is 5.